The highest BCUT2D eigenvalue weighted by Crippen LogP contribution is 2.36. The molecular weight excluding hydrogens is 286 g/mol. The fraction of sp³-hybridized carbons (Fsp3) is 0.412. The van der Waals surface area contributed by atoms with Crippen molar-refractivity contribution in [3.8, 4) is 10.4 Å². The molecule has 0 spiro atoms. The summed E-state index contributed by atoms with van der Waals surface area (Å²) in [6, 6.07) is 11.2. The summed E-state index contributed by atoms with van der Waals surface area (Å²) in [5.74, 6) is 0. The summed E-state index contributed by atoms with van der Waals surface area (Å²) in [5, 5.41) is 4.41. The van der Waals surface area contributed by atoms with Crippen molar-refractivity contribution in [3.05, 3.63) is 45.8 Å². The Bertz CT molecular complexity index is 556. The smallest absolute Gasteiger partial charge is 0.0495 e. The Balaban J connectivity index is 2.27. The Morgan fingerprint density at radius 2 is 2.00 bits per heavy atom. The van der Waals surface area contributed by atoms with Gasteiger partial charge < -0.3 is 5.32 Å². The molecule has 1 unspecified atom stereocenters. The summed E-state index contributed by atoms with van der Waals surface area (Å²) >= 11 is 8.21. The zero-order valence-electron chi connectivity index (χ0n) is 12.4. The van der Waals surface area contributed by atoms with E-state index in [0.29, 0.717) is 6.04 Å². The molecule has 2 rings (SSSR count). The van der Waals surface area contributed by atoms with Crippen molar-refractivity contribution in [1.82, 2.24) is 5.32 Å². The number of nitrogens with one attached hydrogen (secondary N) is 1. The molecule has 0 aliphatic carbocycles. The fourth-order valence-corrected chi connectivity index (χ4v) is 3.94. The predicted octanol–water partition coefficient (Wildman–Crippen LogP) is 5.83. The molecule has 0 aliphatic heterocycles. The highest BCUT2D eigenvalue weighted by atomic mass is 35.5. The molecule has 1 N–H and O–H groups in total. The quantitative estimate of drug-likeness (QED) is 0.708. The summed E-state index contributed by atoms with van der Waals surface area (Å²) in [5.41, 5.74) is 2.34. The summed E-state index contributed by atoms with van der Waals surface area (Å²) in [7, 11) is 0. The molecule has 1 atom stereocenters. The van der Waals surface area contributed by atoms with E-state index >= 15 is 0 Å². The number of thiophene rings is 1. The molecule has 0 saturated heterocycles. The summed E-state index contributed by atoms with van der Waals surface area (Å²) in [6.45, 7) is 7.46. The first-order valence-electron chi connectivity index (χ1n) is 7.25. The normalized spacial score (nSPS) is 12.6. The lowest BCUT2D eigenvalue weighted by atomic mass is 10.1. The van der Waals surface area contributed by atoms with Crippen LogP contribution in [0.15, 0.2) is 30.3 Å². The first-order valence-corrected chi connectivity index (χ1v) is 8.44. The topological polar surface area (TPSA) is 12.0 Å². The number of rotatable bonds is 6. The highest BCUT2D eigenvalue weighted by Gasteiger charge is 2.13. The van der Waals surface area contributed by atoms with Crippen LogP contribution >= 0.6 is 22.9 Å². The maximum atomic E-state index is 6.37. The Morgan fingerprint density at radius 3 is 2.65 bits per heavy atom. The second-order valence-corrected chi connectivity index (χ2v) is 6.61. The van der Waals surface area contributed by atoms with E-state index in [0.717, 1.165) is 17.1 Å². The number of benzene rings is 1. The zero-order valence-corrected chi connectivity index (χ0v) is 13.9. The van der Waals surface area contributed by atoms with E-state index in [-0.39, 0.29) is 0 Å². The van der Waals surface area contributed by atoms with Gasteiger partial charge in [0.1, 0.15) is 0 Å². The van der Waals surface area contributed by atoms with Crippen LogP contribution in [-0.4, -0.2) is 6.54 Å². The molecule has 3 heteroatoms. The van der Waals surface area contributed by atoms with Crippen LogP contribution in [0.4, 0.5) is 0 Å². The third kappa shape index (κ3) is 3.63. The van der Waals surface area contributed by atoms with Gasteiger partial charge in [-0.05, 0) is 43.7 Å². The van der Waals surface area contributed by atoms with Crippen LogP contribution in [0, 0.1) is 6.92 Å². The van der Waals surface area contributed by atoms with Gasteiger partial charge in [-0.2, -0.15) is 0 Å². The van der Waals surface area contributed by atoms with Gasteiger partial charge in [-0.15, -0.1) is 11.3 Å². The van der Waals surface area contributed by atoms with Crippen LogP contribution in [0.5, 0.6) is 0 Å². The lowest BCUT2D eigenvalue weighted by Gasteiger charge is -2.15. The van der Waals surface area contributed by atoms with Crippen LogP contribution in [0.2, 0.25) is 5.02 Å². The van der Waals surface area contributed by atoms with Crippen molar-refractivity contribution in [2.45, 2.75) is 39.7 Å². The zero-order chi connectivity index (χ0) is 14.5. The Kier molecular flexibility index (Phi) is 5.64. The minimum atomic E-state index is 0.466. The first kappa shape index (κ1) is 15.6. The molecule has 1 aromatic heterocycles. The summed E-state index contributed by atoms with van der Waals surface area (Å²) < 4.78 is 0. The SMILES string of the molecule is CCCC(NCC)c1ccc(-c2ccc(C)cc2Cl)s1. The lowest BCUT2D eigenvalue weighted by molar-refractivity contribution is 0.516. The molecule has 1 aromatic carbocycles. The van der Waals surface area contributed by atoms with E-state index < -0.39 is 0 Å². The van der Waals surface area contributed by atoms with Gasteiger partial charge in [0.05, 0.1) is 0 Å². The average molecular weight is 308 g/mol. The van der Waals surface area contributed by atoms with Crippen LogP contribution in [0.25, 0.3) is 10.4 Å². The molecule has 0 saturated carbocycles. The second kappa shape index (κ2) is 7.26. The molecule has 20 heavy (non-hydrogen) atoms. The Labute approximate surface area is 131 Å². The molecule has 0 aliphatic rings. The van der Waals surface area contributed by atoms with Crippen LogP contribution in [0.1, 0.15) is 43.2 Å². The van der Waals surface area contributed by atoms with Gasteiger partial charge in [0, 0.05) is 26.4 Å². The highest BCUT2D eigenvalue weighted by molar-refractivity contribution is 7.15. The molecule has 1 nitrogen and oxygen atoms in total. The van der Waals surface area contributed by atoms with E-state index in [2.05, 4.69) is 50.4 Å². The average Bonchev–Trinajstić information content (AvgIpc) is 2.88. The monoisotopic (exact) mass is 307 g/mol. The second-order valence-electron chi connectivity index (χ2n) is 5.08. The maximum Gasteiger partial charge on any atom is 0.0495 e. The van der Waals surface area contributed by atoms with Crippen LogP contribution in [0.3, 0.4) is 0 Å². The maximum absolute atomic E-state index is 6.37. The third-order valence-electron chi connectivity index (χ3n) is 3.39. The molecule has 2 aromatic rings. The van der Waals surface area contributed by atoms with E-state index in [1.807, 2.05) is 17.4 Å². The Morgan fingerprint density at radius 1 is 1.20 bits per heavy atom. The van der Waals surface area contributed by atoms with Gasteiger partial charge in [-0.25, -0.2) is 0 Å². The van der Waals surface area contributed by atoms with Crippen molar-refractivity contribution in [2.24, 2.45) is 0 Å². The molecular formula is C17H22ClNS. The van der Waals surface area contributed by atoms with E-state index in [4.69, 9.17) is 11.6 Å². The fourth-order valence-electron chi connectivity index (χ4n) is 2.38. The molecule has 0 radical (unpaired) electrons. The van der Waals surface area contributed by atoms with Crippen LogP contribution < -0.4 is 5.32 Å². The minimum Gasteiger partial charge on any atom is -0.310 e. The van der Waals surface area contributed by atoms with E-state index in [1.54, 1.807) is 0 Å². The molecule has 0 fully saturated rings. The minimum absolute atomic E-state index is 0.466. The van der Waals surface area contributed by atoms with E-state index in [1.165, 1.54) is 28.2 Å². The van der Waals surface area contributed by atoms with Gasteiger partial charge in [0.15, 0.2) is 0 Å². The number of hydrogen-bond acceptors (Lipinski definition) is 2. The Hall–Kier alpha value is -0.830. The first-order chi connectivity index (χ1) is 9.65. The van der Waals surface area contributed by atoms with Gasteiger partial charge in [0.2, 0.25) is 0 Å². The third-order valence-corrected chi connectivity index (χ3v) is 4.93. The standard InChI is InChI=1S/C17H22ClNS/c1-4-6-15(19-5-2)17-10-9-16(20-17)13-8-7-12(3)11-14(13)18/h7-11,15,19H,4-6H2,1-3H3. The largest absolute Gasteiger partial charge is 0.310 e. The van der Waals surface area contributed by atoms with Crippen molar-refractivity contribution < 1.29 is 0 Å². The van der Waals surface area contributed by atoms with Gasteiger partial charge in [-0.1, -0.05) is 44.0 Å². The number of aryl methyl sites for hydroxylation is 1. The predicted molar refractivity (Wildman–Crippen MR) is 90.8 cm³/mol. The van der Waals surface area contributed by atoms with Crippen molar-refractivity contribution >= 4 is 22.9 Å². The van der Waals surface area contributed by atoms with Gasteiger partial charge in [-0.3, -0.25) is 0 Å². The van der Waals surface area contributed by atoms with Gasteiger partial charge >= 0.3 is 0 Å². The van der Waals surface area contributed by atoms with Crippen molar-refractivity contribution in [2.75, 3.05) is 6.54 Å². The molecule has 0 bridgehead atoms. The molecule has 0 amide bonds. The number of halogens is 1. The van der Waals surface area contributed by atoms with Crippen molar-refractivity contribution in [1.29, 1.82) is 0 Å². The molecule has 108 valence electrons. The molecule has 1 heterocycles. The number of hydrogen-bond donors (Lipinski definition) is 1. The van der Waals surface area contributed by atoms with Crippen LogP contribution in [-0.2, 0) is 0 Å². The van der Waals surface area contributed by atoms with E-state index in [9.17, 15) is 0 Å². The lowest BCUT2D eigenvalue weighted by Crippen LogP contribution is -2.19. The van der Waals surface area contributed by atoms with Crippen molar-refractivity contribution in [3.63, 3.8) is 0 Å². The van der Waals surface area contributed by atoms with Gasteiger partial charge in [0.25, 0.3) is 0 Å². The summed E-state index contributed by atoms with van der Waals surface area (Å²) in [4.78, 5) is 2.66. The summed E-state index contributed by atoms with van der Waals surface area (Å²) in [6.07, 6.45) is 2.37.